The second-order valence-electron chi connectivity index (χ2n) is 6.07. The average Bonchev–Trinajstić information content (AvgIpc) is 3.06. The molecule has 0 unspecified atom stereocenters. The van der Waals surface area contributed by atoms with Crippen LogP contribution in [0.25, 0.3) is 22.5 Å². The lowest BCUT2D eigenvalue weighted by Crippen LogP contribution is -2.14. The Hall–Kier alpha value is -3.18. The number of nitrogens with zero attached hydrogens (tertiary/aromatic N) is 2. The molecule has 2 N–H and O–H groups in total. The van der Waals surface area contributed by atoms with E-state index < -0.39 is 0 Å². The molecule has 0 radical (unpaired) electrons. The van der Waals surface area contributed by atoms with Crippen molar-refractivity contribution < 1.29 is 4.79 Å². The van der Waals surface area contributed by atoms with E-state index in [1.54, 1.807) is 28.8 Å². The Morgan fingerprint density at radius 3 is 1.96 bits per heavy atom. The maximum Gasteiger partial charge on any atom is 0.264 e. The molecule has 0 saturated heterocycles. The number of aromatic nitrogens is 2. The van der Waals surface area contributed by atoms with E-state index in [0.29, 0.717) is 16.0 Å². The highest BCUT2D eigenvalue weighted by Gasteiger charge is 2.23. The Labute approximate surface area is 165 Å². The van der Waals surface area contributed by atoms with Gasteiger partial charge in [0.25, 0.3) is 5.91 Å². The van der Waals surface area contributed by atoms with Gasteiger partial charge in [-0.2, -0.15) is 0 Å². The Morgan fingerprint density at radius 2 is 1.37 bits per heavy atom. The Balaban J connectivity index is 1.95. The highest BCUT2D eigenvalue weighted by atomic mass is 79.9. The topological polar surface area (TPSA) is 60.9 Å². The van der Waals surface area contributed by atoms with Crippen LogP contribution in [0.1, 0.15) is 10.4 Å². The van der Waals surface area contributed by atoms with Crippen molar-refractivity contribution in [3.63, 3.8) is 0 Å². The van der Waals surface area contributed by atoms with Gasteiger partial charge in [0.05, 0.1) is 11.4 Å². The lowest BCUT2D eigenvalue weighted by molar-refractivity contribution is 0.0959. The van der Waals surface area contributed by atoms with Gasteiger partial charge in [0.15, 0.2) is 4.73 Å². The first-order valence-electron chi connectivity index (χ1n) is 8.44. The molecule has 1 heterocycles. The average molecular weight is 418 g/mol. The predicted molar refractivity (Wildman–Crippen MR) is 111 cm³/mol. The summed E-state index contributed by atoms with van der Waals surface area (Å²) in [5, 5.41) is 0. The van der Waals surface area contributed by atoms with Crippen LogP contribution in [-0.4, -0.2) is 15.5 Å². The molecular formula is C22H16BrN3O. The summed E-state index contributed by atoms with van der Waals surface area (Å²) in [4.78, 5) is 17.9. The van der Waals surface area contributed by atoms with E-state index in [2.05, 4.69) is 20.9 Å². The number of carbonyl (C=O) groups excluding carboxylic acids is 1. The predicted octanol–water partition coefficient (Wildman–Crippen LogP) is 5.25. The molecule has 0 saturated carbocycles. The molecule has 5 heteroatoms. The van der Waals surface area contributed by atoms with Crippen LogP contribution in [0.15, 0.2) is 89.7 Å². The van der Waals surface area contributed by atoms with Gasteiger partial charge in [-0.25, -0.2) is 4.98 Å². The van der Waals surface area contributed by atoms with Crippen molar-refractivity contribution in [1.29, 1.82) is 0 Å². The van der Waals surface area contributed by atoms with Crippen molar-refractivity contribution in [2.75, 3.05) is 5.73 Å². The van der Waals surface area contributed by atoms with Crippen LogP contribution in [0.2, 0.25) is 0 Å². The molecule has 4 rings (SSSR count). The molecule has 27 heavy (non-hydrogen) atoms. The second kappa shape index (κ2) is 7.21. The van der Waals surface area contributed by atoms with Crippen molar-refractivity contribution in [2.24, 2.45) is 0 Å². The van der Waals surface area contributed by atoms with Crippen molar-refractivity contribution in [3.05, 3.63) is 95.2 Å². The summed E-state index contributed by atoms with van der Waals surface area (Å²) in [7, 11) is 0. The lowest BCUT2D eigenvalue weighted by Gasteiger charge is -2.11. The van der Waals surface area contributed by atoms with Crippen LogP contribution in [0, 0.1) is 0 Å². The van der Waals surface area contributed by atoms with Gasteiger partial charge in [0.1, 0.15) is 0 Å². The molecule has 0 amide bonds. The SMILES string of the molecule is Nc1ccc(C(=O)n2c(Br)nc(-c3ccccc3)c2-c2ccccc2)cc1. The van der Waals surface area contributed by atoms with Gasteiger partial charge >= 0.3 is 0 Å². The summed E-state index contributed by atoms with van der Waals surface area (Å²) in [5.41, 5.74) is 10.3. The number of hydrogen-bond donors (Lipinski definition) is 1. The summed E-state index contributed by atoms with van der Waals surface area (Å²) in [5.74, 6) is -0.171. The number of anilines is 1. The van der Waals surface area contributed by atoms with Gasteiger partial charge in [0, 0.05) is 22.4 Å². The minimum Gasteiger partial charge on any atom is -0.399 e. The van der Waals surface area contributed by atoms with Crippen LogP contribution in [-0.2, 0) is 0 Å². The fraction of sp³-hybridized carbons (Fsp3) is 0. The highest BCUT2D eigenvalue weighted by Crippen LogP contribution is 2.35. The van der Waals surface area contributed by atoms with Gasteiger partial charge < -0.3 is 5.73 Å². The van der Waals surface area contributed by atoms with Gasteiger partial charge in [-0.1, -0.05) is 60.7 Å². The van der Waals surface area contributed by atoms with E-state index in [1.165, 1.54) is 0 Å². The van der Waals surface area contributed by atoms with Gasteiger partial charge in [-0.15, -0.1) is 0 Å². The third-order valence-electron chi connectivity index (χ3n) is 4.29. The Morgan fingerprint density at radius 1 is 0.815 bits per heavy atom. The van der Waals surface area contributed by atoms with Crippen molar-refractivity contribution in [1.82, 2.24) is 9.55 Å². The number of imidazole rings is 1. The standard InChI is InChI=1S/C22H16BrN3O/c23-22-25-19(15-7-3-1-4-8-15)20(16-9-5-2-6-10-16)26(22)21(27)17-11-13-18(24)14-12-17/h1-14H,24H2. The molecule has 1 aromatic heterocycles. The summed E-state index contributed by atoms with van der Waals surface area (Å²) in [6, 6.07) is 26.5. The summed E-state index contributed by atoms with van der Waals surface area (Å²) in [6.45, 7) is 0. The monoisotopic (exact) mass is 417 g/mol. The molecule has 0 aliphatic carbocycles. The van der Waals surface area contributed by atoms with E-state index in [1.807, 2.05) is 60.7 Å². The molecule has 132 valence electrons. The van der Waals surface area contributed by atoms with Gasteiger partial charge in [0.2, 0.25) is 0 Å². The van der Waals surface area contributed by atoms with Crippen LogP contribution in [0.3, 0.4) is 0 Å². The smallest absolute Gasteiger partial charge is 0.264 e. The van der Waals surface area contributed by atoms with Crippen LogP contribution < -0.4 is 5.73 Å². The van der Waals surface area contributed by atoms with Crippen LogP contribution in [0.4, 0.5) is 5.69 Å². The molecule has 0 fully saturated rings. The van der Waals surface area contributed by atoms with Crippen molar-refractivity contribution in [2.45, 2.75) is 0 Å². The Bertz CT molecular complexity index is 1090. The first-order chi connectivity index (χ1) is 13.1. The first kappa shape index (κ1) is 17.2. The molecule has 0 spiro atoms. The zero-order valence-electron chi connectivity index (χ0n) is 14.3. The molecule has 0 atom stereocenters. The number of hydrogen-bond acceptors (Lipinski definition) is 3. The summed E-state index contributed by atoms with van der Waals surface area (Å²) in [6.07, 6.45) is 0. The molecule has 4 aromatic rings. The molecule has 4 nitrogen and oxygen atoms in total. The fourth-order valence-electron chi connectivity index (χ4n) is 2.99. The maximum absolute atomic E-state index is 13.3. The van der Waals surface area contributed by atoms with E-state index in [9.17, 15) is 4.79 Å². The lowest BCUT2D eigenvalue weighted by atomic mass is 10.0. The molecule has 0 aliphatic heterocycles. The van der Waals surface area contributed by atoms with Crippen molar-refractivity contribution >= 4 is 27.5 Å². The highest BCUT2D eigenvalue weighted by molar-refractivity contribution is 9.10. The van der Waals surface area contributed by atoms with Crippen LogP contribution >= 0.6 is 15.9 Å². The molecule has 0 aliphatic rings. The fourth-order valence-corrected chi connectivity index (χ4v) is 3.51. The molecule has 0 bridgehead atoms. The van der Waals surface area contributed by atoms with Crippen molar-refractivity contribution in [3.8, 4) is 22.5 Å². The van der Waals surface area contributed by atoms with E-state index in [0.717, 1.165) is 22.5 Å². The number of halogens is 1. The number of benzene rings is 3. The summed E-state index contributed by atoms with van der Waals surface area (Å²) < 4.78 is 2.06. The zero-order valence-corrected chi connectivity index (χ0v) is 15.9. The van der Waals surface area contributed by atoms with E-state index in [4.69, 9.17) is 5.73 Å². The first-order valence-corrected chi connectivity index (χ1v) is 9.24. The minimum absolute atomic E-state index is 0.171. The number of carbonyl (C=O) groups is 1. The third kappa shape index (κ3) is 3.29. The molecular weight excluding hydrogens is 402 g/mol. The quantitative estimate of drug-likeness (QED) is 0.463. The second-order valence-corrected chi connectivity index (χ2v) is 6.78. The normalized spacial score (nSPS) is 10.7. The number of nitrogens with two attached hydrogens (primary N) is 1. The zero-order chi connectivity index (χ0) is 18.8. The largest absolute Gasteiger partial charge is 0.399 e. The number of rotatable bonds is 3. The minimum atomic E-state index is -0.171. The van der Waals surface area contributed by atoms with Gasteiger partial charge in [-0.3, -0.25) is 9.36 Å². The summed E-state index contributed by atoms with van der Waals surface area (Å²) >= 11 is 3.48. The van der Waals surface area contributed by atoms with Crippen LogP contribution in [0.5, 0.6) is 0 Å². The maximum atomic E-state index is 13.3. The molecule has 3 aromatic carbocycles. The van der Waals surface area contributed by atoms with E-state index in [-0.39, 0.29) is 5.91 Å². The van der Waals surface area contributed by atoms with Gasteiger partial charge in [-0.05, 0) is 40.2 Å². The van der Waals surface area contributed by atoms with E-state index >= 15 is 0 Å². The third-order valence-corrected chi connectivity index (χ3v) is 4.82. The Kier molecular flexibility index (Phi) is 4.60. The number of nitrogen functional groups attached to an aromatic ring is 1.